The molecule has 2 aromatic carbocycles. The number of rotatable bonds is 3. The Morgan fingerprint density at radius 3 is 2.46 bits per heavy atom. The molecule has 5 nitrogen and oxygen atoms in total. The molecule has 0 spiro atoms. The number of fused-ring (bicyclic) bond motifs is 1. The molecule has 1 N–H and O–H groups in total. The summed E-state index contributed by atoms with van der Waals surface area (Å²) in [7, 11) is 0. The fourth-order valence-electron chi connectivity index (χ4n) is 2.77. The maximum Gasteiger partial charge on any atom is 0.258 e. The fraction of sp³-hybridized carbons (Fsp3) is 0. The highest BCUT2D eigenvalue weighted by Crippen LogP contribution is 2.29. The molecule has 4 aromatic rings. The summed E-state index contributed by atoms with van der Waals surface area (Å²) in [6, 6.07) is 14.2. The van der Waals surface area contributed by atoms with Crippen LogP contribution in [0.5, 0.6) is 0 Å². The first kappa shape index (κ1) is 16.6. The van der Waals surface area contributed by atoms with E-state index in [1.165, 1.54) is 0 Å². The van der Waals surface area contributed by atoms with Crippen LogP contribution >= 0.6 is 23.2 Å². The molecule has 0 aliphatic carbocycles. The van der Waals surface area contributed by atoms with Gasteiger partial charge in [-0.15, -0.1) is 0 Å². The summed E-state index contributed by atoms with van der Waals surface area (Å²) >= 11 is 12.3. The Bertz CT molecular complexity index is 1090. The zero-order valence-corrected chi connectivity index (χ0v) is 14.9. The number of carbonyl (C=O) groups is 1. The quantitative estimate of drug-likeness (QED) is 0.543. The maximum absolute atomic E-state index is 12.7. The number of aromatic nitrogens is 3. The van der Waals surface area contributed by atoms with Crippen molar-refractivity contribution in [1.29, 1.82) is 0 Å². The van der Waals surface area contributed by atoms with Crippen LogP contribution in [0.3, 0.4) is 0 Å². The van der Waals surface area contributed by atoms with Gasteiger partial charge < -0.3 is 5.32 Å². The summed E-state index contributed by atoms with van der Waals surface area (Å²) in [5.41, 5.74) is 2.32. The second-order valence-corrected chi connectivity index (χ2v) is 6.35. The lowest BCUT2D eigenvalue weighted by Crippen LogP contribution is -2.13. The van der Waals surface area contributed by atoms with Crippen molar-refractivity contribution in [2.75, 3.05) is 5.32 Å². The number of pyridine rings is 1. The van der Waals surface area contributed by atoms with Gasteiger partial charge in [0, 0.05) is 24.0 Å². The van der Waals surface area contributed by atoms with Crippen molar-refractivity contribution in [2.45, 2.75) is 0 Å². The zero-order valence-electron chi connectivity index (χ0n) is 13.4. The van der Waals surface area contributed by atoms with E-state index in [1.807, 2.05) is 30.5 Å². The average molecular weight is 383 g/mol. The van der Waals surface area contributed by atoms with Crippen molar-refractivity contribution in [3.8, 4) is 5.69 Å². The standard InChI is InChI=1S/C19H12Cl2N4O/c20-13-5-2-6-14(21)17(13)19(26)24-15-7-1-4-12-16(8-10-22-18(12)15)25-11-3-9-23-25/h1-11H,(H,24,26). The minimum Gasteiger partial charge on any atom is -0.320 e. The Balaban J connectivity index is 1.78. The molecule has 0 unspecified atom stereocenters. The van der Waals surface area contributed by atoms with Crippen LogP contribution in [0.15, 0.2) is 67.1 Å². The third-order valence-corrected chi connectivity index (χ3v) is 4.57. The lowest BCUT2D eigenvalue weighted by Gasteiger charge is -2.12. The molecule has 2 heterocycles. The van der Waals surface area contributed by atoms with E-state index in [4.69, 9.17) is 23.2 Å². The predicted molar refractivity (Wildman–Crippen MR) is 103 cm³/mol. The van der Waals surface area contributed by atoms with Gasteiger partial charge >= 0.3 is 0 Å². The predicted octanol–water partition coefficient (Wildman–Crippen LogP) is 4.98. The summed E-state index contributed by atoms with van der Waals surface area (Å²) < 4.78 is 1.75. The number of carbonyl (C=O) groups excluding carboxylic acids is 1. The first-order chi connectivity index (χ1) is 12.6. The van der Waals surface area contributed by atoms with E-state index in [1.54, 1.807) is 41.3 Å². The molecule has 0 aliphatic rings. The smallest absolute Gasteiger partial charge is 0.258 e. The molecule has 26 heavy (non-hydrogen) atoms. The number of benzene rings is 2. The molecule has 0 bridgehead atoms. The Morgan fingerprint density at radius 1 is 0.962 bits per heavy atom. The van der Waals surface area contributed by atoms with Gasteiger partial charge in [0.1, 0.15) is 0 Å². The zero-order chi connectivity index (χ0) is 18.1. The molecule has 7 heteroatoms. The highest BCUT2D eigenvalue weighted by atomic mass is 35.5. The number of nitrogens with zero attached hydrogens (tertiary/aromatic N) is 3. The van der Waals surface area contributed by atoms with Crippen molar-refractivity contribution >= 4 is 45.7 Å². The van der Waals surface area contributed by atoms with Gasteiger partial charge in [-0.05, 0) is 30.3 Å². The summed E-state index contributed by atoms with van der Waals surface area (Å²) in [4.78, 5) is 17.1. The van der Waals surface area contributed by atoms with Gasteiger partial charge in [-0.2, -0.15) is 5.10 Å². The largest absolute Gasteiger partial charge is 0.320 e. The van der Waals surface area contributed by atoms with Gasteiger partial charge in [0.05, 0.1) is 32.5 Å². The van der Waals surface area contributed by atoms with Gasteiger partial charge in [0.25, 0.3) is 5.91 Å². The molecule has 0 saturated carbocycles. The number of anilines is 1. The Kier molecular flexibility index (Phi) is 4.32. The Labute approximate surface area is 159 Å². The average Bonchev–Trinajstić information content (AvgIpc) is 3.16. The van der Waals surface area contributed by atoms with Crippen LogP contribution < -0.4 is 5.32 Å². The molecule has 128 valence electrons. The van der Waals surface area contributed by atoms with Crippen LogP contribution in [0.1, 0.15) is 10.4 Å². The Morgan fingerprint density at radius 2 is 1.73 bits per heavy atom. The van der Waals surface area contributed by atoms with E-state index in [-0.39, 0.29) is 11.5 Å². The third-order valence-electron chi connectivity index (χ3n) is 3.94. The van der Waals surface area contributed by atoms with E-state index >= 15 is 0 Å². The van der Waals surface area contributed by atoms with E-state index < -0.39 is 0 Å². The number of hydrogen-bond acceptors (Lipinski definition) is 3. The highest BCUT2D eigenvalue weighted by molar-refractivity contribution is 6.40. The third kappa shape index (κ3) is 2.92. The normalized spacial score (nSPS) is 10.8. The molecule has 4 rings (SSSR count). The van der Waals surface area contributed by atoms with Crippen LogP contribution in [0.4, 0.5) is 5.69 Å². The first-order valence-electron chi connectivity index (χ1n) is 7.78. The number of nitrogens with one attached hydrogen (secondary N) is 1. The highest BCUT2D eigenvalue weighted by Gasteiger charge is 2.16. The second-order valence-electron chi connectivity index (χ2n) is 5.53. The minimum absolute atomic E-state index is 0.232. The Hall–Kier alpha value is -2.89. The lowest BCUT2D eigenvalue weighted by molar-refractivity contribution is 0.102. The van der Waals surface area contributed by atoms with Crippen molar-refractivity contribution in [3.63, 3.8) is 0 Å². The molecule has 0 saturated heterocycles. The molecule has 2 aromatic heterocycles. The van der Waals surface area contributed by atoms with Crippen LogP contribution in [-0.4, -0.2) is 20.7 Å². The van der Waals surface area contributed by atoms with Crippen LogP contribution in [-0.2, 0) is 0 Å². The number of para-hydroxylation sites is 1. The van der Waals surface area contributed by atoms with Gasteiger partial charge in [0.2, 0.25) is 0 Å². The van der Waals surface area contributed by atoms with Crippen molar-refractivity contribution in [1.82, 2.24) is 14.8 Å². The summed E-state index contributed by atoms with van der Waals surface area (Å²) in [6.07, 6.45) is 5.23. The molecule has 0 fully saturated rings. The van der Waals surface area contributed by atoms with Crippen molar-refractivity contribution in [3.05, 3.63) is 82.7 Å². The second kappa shape index (κ2) is 6.78. The maximum atomic E-state index is 12.7. The SMILES string of the molecule is O=C(Nc1cccc2c(-n3cccn3)ccnc12)c1c(Cl)cccc1Cl. The molecular weight excluding hydrogens is 371 g/mol. The number of hydrogen-bond donors (Lipinski definition) is 1. The van der Waals surface area contributed by atoms with Crippen LogP contribution in [0, 0.1) is 0 Å². The fourth-order valence-corrected chi connectivity index (χ4v) is 3.34. The topological polar surface area (TPSA) is 59.8 Å². The van der Waals surface area contributed by atoms with Gasteiger partial charge in [0.15, 0.2) is 0 Å². The first-order valence-corrected chi connectivity index (χ1v) is 8.54. The molecular formula is C19H12Cl2N4O. The summed E-state index contributed by atoms with van der Waals surface area (Å²) in [6.45, 7) is 0. The van der Waals surface area contributed by atoms with E-state index in [0.29, 0.717) is 21.2 Å². The van der Waals surface area contributed by atoms with E-state index in [9.17, 15) is 4.79 Å². The van der Waals surface area contributed by atoms with Crippen molar-refractivity contribution in [2.24, 2.45) is 0 Å². The molecule has 1 amide bonds. The van der Waals surface area contributed by atoms with Crippen LogP contribution in [0.2, 0.25) is 10.0 Å². The van der Waals surface area contributed by atoms with Gasteiger partial charge in [-0.1, -0.05) is 41.4 Å². The molecule has 0 atom stereocenters. The van der Waals surface area contributed by atoms with Gasteiger partial charge in [-0.25, -0.2) is 4.68 Å². The summed E-state index contributed by atoms with van der Waals surface area (Å²) in [5.74, 6) is -0.389. The number of amides is 1. The molecule has 0 aliphatic heterocycles. The minimum atomic E-state index is -0.389. The molecule has 0 radical (unpaired) electrons. The van der Waals surface area contributed by atoms with Gasteiger partial charge in [-0.3, -0.25) is 9.78 Å². The van der Waals surface area contributed by atoms with E-state index in [2.05, 4.69) is 15.4 Å². The lowest BCUT2D eigenvalue weighted by atomic mass is 10.1. The van der Waals surface area contributed by atoms with E-state index in [0.717, 1.165) is 11.1 Å². The summed E-state index contributed by atoms with van der Waals surface area (Å²) in [5, 5.41) is 8.56. The van der Waals surface area contributed by atoms with Crippen molar-refractivity contribution < 1.29 is 4.79 Å². The van der Waals surface area contributed by atoms with Crippen LogP contribution in [0.25, 0.3) is 16.6 Å². The number of halogens is 2. The monoisotopic (exact) mass is 382 g/mol.